The van der Waals surface area contributed by atoms with Crippen molar-refractivity contribution in [2.45, 2.75) is 0 Å². The highest BCUT2D eigenvalue weighted by Gasteiger charge is 2.25. The molecule has 0 aromatic heterocycles. The molecule has 0 fully saturated rings. The van der Waals surface area contributed by atoms with E-state index in [1.165, 1.54) is 0 Å². The lowest BCUT2D eigenvalue weighted by Gasteiger charge is -2.06. The van der Waals surface area contributed by atoms with E-state index in [-0.39, 0.29) is 0 Å². The molecule has 0 aliphatic heterocycles. The zero-order valence-electron chi connectivity index (χ0n) is 11.5. The SMILES string of the molecule is O=C(c1cc(O)c(O)c([N+](=O)[O-])c1)c1cc(O)c(O)c([N+](=O)[O-])c1. The number of nitro benzene ring substituents is 2. The molecule has 0 bridgehead atoms. The van der Waals surface area contributed by atoms with E-state index >= 15 is 0 Å². The molecule has 0 spiro atoms. The maximum atomic E-state index is 12.3. The quantitative estimate of drug-likeness (QED) is 0.278. The van der Waals surface area contributed by atoms with Gasteiger partial charge >= 0.3 is 11.4 Å². The van der Waals surface area contributed by atoms with Crippen LogP contribution in [0.15, 0.2) is 24.3 Å². The monoisotopic (exact) mass is 336 g/mol. The van der Waals surface area contributed by atoms with Gasteiger partial charge in [-0.1, -0.05) is 0 Å². The predicted octanol–water partition coefficient (Wildman–Crippen LogP) is 1.56. The zero-order valence-corrected chi connectivity index (χ0v) is 11.5. The van der Waals surface area contributed by atoms with E-state index in [2.05, 4.69) is 0 Å². The summed E-state index contributed by atoms with van der Waals surface area (Å²) in [4.78, 5) is 31.8. The molecule has 0 atom stereocenters. The van der Waals surface area contributed by atoms with Crippen molar-refractivity contribution in [3.05, 3.63) is 55.6 Å². The Kier molecular flexibility index (Phi) is 3.93. The molecule has 0 amide bonds. The number of phenols is 4. The lowest BCUT2D eigenvalue weighted by molar-refractivity contribution is -0.386. The van der Waals surface area contributed by atoms with Gasteiger partial charge in [-0.25, -0.2) is 0 Å². The molecular weight excluding hydrogens is 328 g/mol. The van der Waals surface area contributed by atoms with Gasteiger partial charge in [-0.3, -0.25) is 25.0 Å². The number of ketones is 1. The number of hydrogen-bond acceptors (Lipinski definition) is 9. The van der Waals surface area contributed by atoms with Crippen molar-refractivity contribution in [2.75, 3.05) is 0 Å². The van der Waals surface area contributed by atoms with Gasteiger partial charge < -0.3 is 20.4 Å². The second-order valence-corrected chi connectivity index (χ2v) is 4.57. The van der Waals surface area contributed by atoms with E-state index in [0.29, 0.717) is 12.1 Å². The van der Waals surface area contributed by atoms with Crippen LogP contribution in [-0.2, 0) is 0 Å². The first-order valence-corrected chi connectivity index (χ1v) is 6.09. The summed E-state index contributed by atoms with van der Waals surface area (Å²) in [5.74, 6) is -4.99. The van der Waals surface area contributed by atoms with E-state index in [1.807, 2.05) is 0 Å². The molecule has 0 aliphatic rings. The molecule has 0 aliphatic carbocycles. The van der Waals surface area contributed by atoms with Gasteiger partial charge in [-0.2, -0.15) is 0 Å². The van der Waals surface area contributed by atoms with Crippen molar-refractivity contribution in [3.63, 3.8) is 0 Å². The minimum Gasteiger partial charge on any atom is -0.504 e. The summed E-state index contributed by atoms with van der Waals surface area (Å²) in [7, 11) is 0. The van der Waals surface area contributed by atoms with Gasteiger partial charge in [0.25, 0.3) is 0 Å². The van der Waals surface area contributed by atoms with E-state index < -0.39 is 61.1 Å². The highest BCUT2D eigenvalue weighted by atomic mass is 16.6. The van der Waals surface area contributed by atoms with Gasteiger partial charge in [0.15, 0.2) is 17.3 Å². The number of nitrogens with zero attached hydrogens (tertiary/aromatic N) is 2. The number of benzene rings is 2. The van der Waals surface area contributed by atoms with Crippen LogP contribution in [0.5, 0.6) is 23.0 Å². The van der Waals surface area contributed by atoms with Crippen molar-refractivity contribution in [2.24, 2.45) is 0 Å². The minimum atomic E-state index is -1.05. The van der Waals surface area contributed by atoms with Gasteiger partial charge in [-0.05, 0) is 12.1 Å². The van der Waals surface area contributed by atoms with Crippen molar-refractivity contribution >= 4 is 17.2 Å². The fourth-order valence-corrected chi connectivity index (χ4v) is 1.92. The lowest BCUT2D eigenvalue weighted by atomic mass is 10.0. The molecule has 4 N–H and O–H groups in total. The third-order valence-corrected chi connectivity index (χ3v) is 3.06. The van der Waals surface area contributed by atoms with Gasteiger partial charge in [-0.15, -0.1) is 0 Å². The average molecular weight is 336 g/mol. The molecule has 0 unspecified atom stereocenters. The molecule has 0 radical (unpaired) electrons. The van der Waals surface area contributed by atoms with E-state index in [4.69, 9.17) is 0 Å². The molecule has 124 valence electrons. The van der Waals surface area contributed by atoms with Gasteiger partial charge in [0.1, 0.15) is 0 Å². The molecule has 0 saturated heterocycles. The van der Waals surface area contributed by atoms with Gasteiger partial charge in [0.05, 0.1) is 9.85 Å². The number of carbonyl (C=O) groups excluding carboxylic acids is 1. The van der Waals surface area contributed by atoms with Crippen LogP contribution in [0.25, 0.3) is 0 Å². The summed E-state index contributed by atoms with van der Waals surface area (Å²) in [5, 5.41) is 59.3. The summed E-state index contributed by atoms with van der Waals surface area (Å²) >= 11 is 0. The molecule has 11 nitrogen and oxygen atoms in total. The molecule has 24 heavy (non-hydrogen) atoms. The molecule has 0 saturated carbocycles. The second kappa shape index (κ2) is 5.72. The molecule has 0 heterocycles. The van der Waals surface area contributed by atoms with Gasteiger partial charge in [0, 0.05) is 23.3 Å². The molecule has 2 aromatic carbocycles. The Balaban J connectivity index is 2.62. The smallest absolute Gasteiger partial charge is 0.315 e. The predicted molar refractivity (Wildman–Crippen MR) is 76.3 cm³/mol. The van der Waals surface area contributed by atoms with Crippen molar-refractivity contribution in [1.29, 1.82) is 0 Å². The number of rotatable bonds is 4. The van der Waals surface area contributed by atoms with Crippen LogP contribution < -0.4 is 0 Å². The highest BCUT2D eigenvalue weighted by Crippen LogP contribution is 2.39. The van der Waals surface area contributed by atoms with Crippen LogP contribution in [0.3, 0.4) is 0 Å². The Morgan fingerprint density at radius 3 is 1.38 bits per heavy atom. The molecular formula is C13H8N2O9. The molecule has 2 aromatic rings. The third kappa shape index (κ3) is 2.72. The second-order valence-electron chi connectivity index (χ2n) is 4.57. The topological polar surface area (TPSA) is 184 Å². The Morgan fingerprint density at radius 1 is 0.750 bits per heavy atom. The zero-order chi connectivity index (χ0) is 18.2. The number of hydrogen-bond donors (Lipinski definition) is 4. The maximum Gasteiger partial charge on any atom is 0.315 e. The van der Waals surface area contributed by atoms with Gasteiger partial charge in [0.2, 0.25) is 11.5 Å². The molecule has 2 rings (SSSR count). The van der Waals surface area contributed by atoms with E-state index in [1.54, 1.807) is 0 Å². The van der Waals surface area contributed by atoms with Crippen LogP contribution in [0.1, 0.15) is 15.9 Å². The van der Waals surface area contributed by atoms with E-state index in [9.17, 15) is 45.4 Å². The van der Waals surface area contributed by atoms with E-state index in [0.717, 1.165) is 12.1 Å². The standard InChI is InChI=1S/C13H8N2O9/c16-9-3-5(1-7(12(9)19)14(21)22)11(18)6-2-8(15(23)24)13(20)10(17)4-6/h1-4,16-17,19-20H. The average Bonchev–Trinajstić information content (AvgIpc) is 2.50. The Hall–Kier alpha value is -3.89. The lowest BCUT2D eigenvalue weighted by Crippen LogP contribution is -2.04. The molecule has 11 heteroatoms. The van der Waals surface area contributed by atoms with Crippen LogP contribution in [0.4, 0.5) is 11.4 Å². The normalized spacial score (nSPS) is 10.3. The minimum absolute atomic E-state index is 0.462. The maximum absolute atomic E-state index is 12.3. The van der Waals surface area contributed by atoms with Crippen molar-refractivity contribution in [3.8, 4) is 23.0 Å². The number of carbonyl (C=O) groups is 1. The summed E-state index contributed by atoms with van der Waals surface area (Å²) in [6, 6.07) is 2.76. The summed E-state index contributed by atoms with van der Waals surface area (Å²) < 4.78 is 0. The third-order valence-electron chi connectivity index (χ3n) is 3.06. The first-order chi connectivity index (χ1) is 11.1. The Labute approximate surface area is 131 Å². The Morgan fingerprint density at radius 2 is 1.08 bits per heavy atom. The van der Waals surface area contributed by atoms with Crippen LogP contribution in [-0.4, -0.2) is 36.1 Å². The van der Waals surface area contributed by atoms with Crippen molar-refractivity contribution in [1.82, 2.24) is 0 Å². The number of nitro groups is 2. The van der Waals surface area contributed by atoms with Crippen LogP contribution in [0, 0.1) is 20.2 Å². The Bertz CT molecular complexity index is 820. The highest BCUT2D eigenvalue weighted by molar-refractivity contribution is 6.10. The number of aromatic hydroxyl groups is 4. The van der Waals surface area contributed by atoms with Crippen molar-refractivity contribution < 1.29 is 35.1 Å². The first kappa shape index (κ1) is 16.5. The fraction of sp³-hybridized carbons (Fsp3) is 0. The van der Waals surface area contributed by atoms with Crippen LogP contribution >= 0.6 is 0 Å². The largest absolute Gasteiger partial charge is 0.504 e. The first-order valence-electron chi connectivity index (χ1n) is 6.09. The summed E-state index contributed by atoms with van der Waals surface area (Å²) in [6.45, 7) is 0. The summed E-state index contributed by atoms with van der Waals surface area (Å²) in [5.41, 5.74) is -2.82. The number of phenolic OH excluding ortho intramolecular Hbond substituents is 4. The van der Waals surface area contributed by atoms with Crippen LogP contribution in [0.2, 0.25) is 0 Å². The summed E-state index contributed by atoms with van der Waals surface area (Å²) in [6.07, 6.45) is 0. The fourth-order valence-electron chi connectivity index (χ4n) is 1.92.